The van der Waals surface area contributed by atoms with E-state index in [0.29, 0.717) is 11.4 Å². The first-order valence-corrected chi connectivity index (χ1v) is 9.07. The Bertz CT molecular complexity index is 866. The van der Waals surface area contributed by atoms with Gasteiger partial charge in [-0.3, -0.25) is 19.9 Å². The highest BCUT2D eigenvalue weighted by Crippen LogP contribution is 2.22. The number of halogens is 2. The summed E-state index contributed by atoms with van der Waals surface area (Å²) in [4.78, 5) is 41.9. The minimum Gasteiger partial charge on any atom is -0.276 e. The number of barbiturate groups is 1. The molecule has 0 unspecified atom stereocenters. The zero-order valence-electron chi connectivity index (χ0n) is 12.6. The number of carbonyl (C=O) groups is 3. The topological polar surface area (TPSA) is 78.8 Å². The Morgan fingerprint density at radius 2 is 1.68 bits per heavy atom. The summed E-state index contributed by atoms with van der Waals surface area (Å²) < 4.78 is 1.86. The van der Waals surface area contributed by atoms with Gasteiger partial charge in [0, 0.05) is 14.3 Å². The van der Waals surface area contributed by atoms with Crippen molar-refractivity contribution in [2.75, 3.05) is 4.90 Å². The monoisotopic (exact) mass is 511 g/mol. The van der Waals surface area contributed by atoms with Gasteiger partial charge in [-0.2, -0.15) is 0 Å². The number of hydrogen-bond acceptors (Lipinski definition) is 4. The number of urea groups is 1. The van der Waals surface area contributed by atoms with Crippen LogP contribution in [-0.4, -0.2) is 24.1 Å². The molecule has 3 rings (SSSR count). The summed E-state index contributed by atoms with van der Waals surface area (Å²) in [6.07, 6.45) is 1.26. The fraction of sp³-hybridized carbons (Fsp3) is 0.0588. The molecule has 4 amide bonds. The summed E-state index contributed by atoms with van der Waals surface area (Å²) in [5.74, 6) is -2.48. The molecule has 0 saturated carbocycles. The van der Waals surface area contributed by atoms with Crippen LogP contribution in [0.5, 0.6) is 0 Å². The van der Waals surface area contributed by atoms with Gasteiger partial charge in [0.2, 0.25) is 5.91 Å². The van der Waals surface area contributed by atoms with E-state index in [1.54, 1.807) is 48.5 Å². The maximum Gasteiger partial charge on any atom is 0.335 e. The Labute approximate surface area is 165 Å². The van der Waals surface area contributed by atoms with Gasteiger partial charge in [0.05, 0.1) is 11.4 Å². The fourth-order valence-corrected chi connectivity index (χ4v) is 2.87. The van der Waals surface area contributed by atoms with Gasteiger partial charge in [-0.1, -0.05) is 15.9 Å². The lowest BCUT2D eigenvalue weighted by Crippen LogP contribution is -2.58. The van der Waals surface area contributed by atoms with Crippen LogP contribution in [0.2, 0.25) is 0 Å². The van der Waals surface area contributed by atoms with Gasteiger partial charge < -0.3 is 0 Å². The van der Waals surface area contributed by atoms with Crippen molar-refractivity contribution in [3.8, 4) is 0 Å². The average Bonchev–Trinajstić information content (AvgIpc) is 2.57. The molecule has 0 spiro atoms. The summed E-state index contributed by atoms with van der Waals surface area (Å²) in [5.41, 5.74) is 0.999. The van der Waals surface area contributed by atoms with E-state index in [1.807, 2.05) is 0 Å². The van der Waals surface area contributed by atoms with E-state index in [4.69, 9.17) is 0 Å². The zero-order valence-corrected chi connectivity index (χ0v) is 16.4. The molecule has 1 aliphatic rings. The number of nitrogens with zero attached hydrogens (tertiary/aromatic N) is 2. The van der Waals surface area contributed by atoms with Gasteiger partial charge in [0.1, 0.15) is 0 Å². The number of imide groups is 2. The number of anilines is 1. The highest BCUT2D eigenvalue weighted by Gasteiger charge is 2.40. The Balaban J connectivity index is 1.87. The number of amides is 4. The normalized spacial score (nSPS) is 17.9. The summed E-state index contributed by atoms with van der Waals surface area (Å²) in [5, 5.41) is 2.19. The van der Waals surface area contributed by atoms with Crippen LogP contribution < -0.4 is 10.2 Å². The molecular weight excluding hydrogens is 501 g/mol. The van der Waals surface area contributed by atoms with Gasteiger partial charge in [-0.15, -0.1) is 0 Å². The highest BCUT2D eigenvalue weighted by atomic mass is 127. The van der Waals surface area contributed by atoms with Gasteiger partial charge in [-0.05, 0) is 71.1 Å². The molecule has 0 aliphatic carbocycles. The lowest BCUT2D eigenvalue weighted by atomic mass is 10.1. The van der Waals surface area contributed by atoms with Crippen LogP contribution in [0.25, 0.3) is 0 Å². The molecule has 2 aromatic carbocycles. The smallest absolute Gasteiger partial charge is 0.276 e. The quantitative estimate of drug-likeness (QED) is 0.388. The molecule has 1 aliphatic heterocycles. The minimum absolute atomic E-state index is 0.400. The van der Waals surface area contributed by atoms with Crippen molar-refractivity contribution in [2.24, 2.45) is 10.9 Å². The number of benzene rings is 2. The van der Waals surface area contributed by atoms with E-state index in [-0.39, 0.29) is 0 Å². The van der Waals surface area contributed by atoms with Crippen LogP contribution in [0.4, 0.5) is 16.2 Å². The maximum atomic E-state index is 12.7. The van der Waals surface area contributed by atoms with Crippen molar-refractivity contribution in [1.29, 1.82) is 0 Å². The van der Waals surface area contributed by atoms with E-state index in [9.17, 15) is 14.4 Å². The molecule has 2 aromatic rings. The van der Waals surface area contributed by atoms with E-state index in [1.165, 1.54) is 6.21 Å². The first kappa shape index (κ1) is 17.7. The number of aliphatic imine (C=N–C) groups is 1. The average molecular weight is 512 g/mol. The van der Waals surface area contributed by atoms with Crippen LogP contribution in [0.3, 0.4) is 0 Å². The maximum absolute atomic E-state index is 12.7. The highest BCUT2D eigenvalue weighted by molar-refractivity contribution is 14.1. The van der Waals surface area contributed by atoms with Crippen LogP contribution in [0, 0.1) is 9.49 Å². The van der Waals surface area contributed by atoms with Crippen molar-refractivity contribution >= 4 is 74.0 Å². The molecule has 0 aromatic heterocycles. The molecule has 25 heavy (non-hydrogen) atoms. The first-order chi connectivity index (χ1) is 12.0. The number of rotatable bonds is 3. The van der Waals surface area contributed by atoms with Crippen LogP contribution in [-0.2, 0) is 9.59 Å². The van der Waals surface area contributed by atoms with E-state index < -0.39 is 23.8 Å². The van der Waals surface area contributed by atoms with E-state index >= 15 is 0 Å². The fourth-order valence-electron chi connectivity index (χ4n) is 2.24. The van der Waals surface area contributed by atoms with Crippen molar-refractivity contribution < 1.29 is 14.4 Å². The molecule has 1 N–H and O–H groups in total. The Hall–Kier alpha value is -2.07. The molecule has 126 valence electrons. The second-order valence-electron chi connectivity index (χ2n) is 5.18. The molecule has 1 atom stereocenters. The van der Waals surface area contributed by atoms with Crippen LogP contribution in [0.15, 0.2) is 58.0 Å². The molecule has 0 bridgehead atoms. The summed E-state index contributed by atoms with van der Waals surface area (Å²) in [6.45, 7) is 0. The SMILES string of the molecule is O=C1NC(=O)N(c2ccc(I)cc2)C(=O)[C@H]1C=Nc1ccc(Br)cc1. The second-order valence-corrected chi connectivity index (χ2v) is 7.34. The lowest BCUT2D eigenvalue weighted by Gasteiger charge is -2.28. The first-order valence-electron chi connectivity index (χ1n) is 7.20. The summed E-state index contributed by atoms with van der Waals surface area (Å²) in [7, 11) is 0. The zero-order chi connectivity index (χ0) is 18.0. The van der Waals surface area contributed by atoms with Crippen LogP contribution in [0.1, 0.15) is 0 Å². The standard InChI is InChI=1S/C17H11BrIN3O3/c18-10-1-5-12(6-2-10)20-9-14-15(23)21-17(25)22(16(14)24)13-7-3-11(19)4-8-13/h1-9,14H,(H,21,23,25)/t14-/m0/s1. The number of hydrogen-bond donors (Lipinski definition) is 1. The molecule has 6 nitrogen and oxygen atoms in total. The molecule has 0 radical (unpaired) electrons. The number of nitrogens with one attached hydrogen (secondary N) is 1. The molecule has 8 heteroatoms. The number of carbonyl (C=O) groups excluding carboxylic acids is 3. The van der Waals surface area contributed by atoms with Gasteiger partial charge in [-0.25, -0.2) is 9.69 Å². The largest absolute Gasteiger partial charge is 0.335 e. The van der Waals surface area contributed by atoms with Crippen molar-refractivity contribution in [3.63, 3.8) is 0 Å². The van der Waals surface area contributed by atoms with E-state index in [0.717, 1.165) is 12.9 Å². The predicted molar refractivity (Wildman–Crippen MR) is 106 cm³/mol. The minimum atomic E-state index is -1.17. The third kappa shape index (κ3) is 3.96. The second kappa shape index (κ2) is 7.44. The van der Waals surface area contributed by atoms with Crippen molar-refractivity contribution in [3.05, 3.63) is 56.6 Å². The summed E-state index contributed by atoms with van der Waals surface area (Å²) in [6, 6.07) is 13.2. The Morgan fingerprint density at radius 3 is 2.32 bits per heavy atom. The Morgan fingerprint density at radius 1 is 1.04 bits per heavy atom. The summed E-state index contributed by atoms with van der Waals surface area (Å²) >= 11 is 5.45. The van der Waals surface area contributed by atoms with Crippen LogP contribution >= 0.6 is 38.5 Å². The molecule has 1 heterocycles. The molecule has 1 saturated heterocycles. The van der Waals surface area contributed by atoms with Crippen molar-refractivity contribution in [1.82, 2.24) is 5.32 Å². The van der Waals surface area contributed by atoms with E-state index in [2.05, 4.69) is 48.8 Å². The Kier molecular flexibility index (Phi) is 5.28. The third-order valence-corrected chi connectivity index (χ3v) is 4.73. The lowest BCUT2D eigenvalue weighted by molar-refractivity contribution is -0.131. The van der Waals surface area contributed by atoms with Gasteiger partial charge in [0.15, 0.2) is 5.92 Å². The van der Waals surface area contributed by atoms with Gasteiger partial charge >= 0.3 is 6.03 Å². The van der Waals surface area contributed by atoms with Gasteiger partial charge in [0.25, 0.3) is 5.91 Å². The molecular formula is C17H11BrIN3O3. The molecule has 1 fully saturated rings. The predicted octanol–water partition coefficient (Wildman–Crippen LogP) is 3.66. The van der Waals surface area contributed by atoms with Crippen molar-refractivity contribution in [2.45, 2.75) is 0 Å². The third-order valence-electron chi connectivity index (χ3n) is 3.49.